The van der Waals surface area contributed by atoms with E-state index in [0.717, 1.165) is 25.9 Å². The quantitative estimate of drug-likeness (QED) is 0.901. The van der Waals surface area contributed by atoms with E-state index in [2.05, 4.69) is 41.4 Å². The molecule has 2 aliphatic heterocycles. The molecule has 5 nitrogen and oxygen atoms in total. The first kappa shape index (κ1) is 16.4. The number of carbonyl (C=O) groups excluding carboxylic acids is 1. The van der Waals surface area contributed by atoms with Gasteiger partial charge in [0, 0.05) is 25.2 Å². The first-order valence-electron chi connectivity index (χ1n) is 8.51. The van der Waals surface area contributed by atoms with Gasteiger partial charge in [0.1, 0.15) is 0 Å². The molecule has 2 heterocycles. The van der Waals surface area contributed by atoms with Crippen LogP contribution in [0, 0.1) is 0 Å². The minimum absolute atomic E-state index is 0.0238. The Balaban J connectivity index is 1.45. The van der Waals surface area contributed by atoms with E-state index in [1.54, 1.807) is 0 Å². The van der Waals surface area contributed by atoms with Crippen LogP contribution in [-0.2, 0) is 20.8 Å². The number of nitrogens with one attached hydrogen (secondary N) is 1. The summed E-state index contributed by atoms with van der Waals surface area (Å²) >= 11 is 0. The van der Waals surface area contributed by atoms with E-state index in [0.29, 0.717) is 25.7 Å². The molecular weight excluding hydrogens is 292 g/mol. The van der Waals surface area contributed by atoms with Crippen molar-refractivity contribution < 1.29 is 14.3 Å². The molecule has 1 N–H and O–H groups in total. The van der Waals surface area contributed by atoms with Gasteiger partial charge in [-0.05, 0) is 25.3 Å². The van der Waals surface area contributed by atoms with Gasteiger partial charge in [-0.2, -0.15) is 0 Å². The maximum Gasteiger partial charge on any atom is 0.225 e. The van der Waals surface area contributed by atoms with Crippen LogP contribution in [-0.4, -0.2) is 48.9 Å². The van der Waals surface area contributed by atoms with Gasteiger partial charge in [0.2, 0.25) is 5.91 Å². The third kappa shape index (κ3) is 4.77. The number of carbonyl (C=O) groups is 1. The summed E-state index contributed by atoms with van der Waals surface area (Å²) in [5.74, 6) is 0.0238. The molecule has 23 heavy (non-hydrogen) atoms. The van der Waals surface area contributed by atoms with Crippen LogP contribution in [0.2, 0.25) is 0 Å². The van der Waals surface area contributed by atoms with Crippen molar-refractivity contribution in [3.05, 3.63) is 35.9 Å². The highest BCUT2D eigenvalue weighted by atomic mass is 16.7. The zero-order chi connectivity index (χ0) is 16.1. The Labute approximate surface area is 137 Å². The van der Waals surface area contributed by atoms with E-state index in [1.165, 1.54) is 5.56 Å². The van der Waals surface area contributed by atoms with Crippen molar-refractivity contribution in [2.45, 2.75) is 51.1 Å². The first-order valence-corrected chi connectivity index (χ1v) is 8.51. The topological polar surface area (TPSA) is 50.8 Å². The molecule has 0 saturated carbocycles. The Hall–Kier alpha value is -1.43. The molecule has 1 amide bonds. The molecule has 0 radical (unpaired) electrons. The molecule has 0 aliphatic carbocycles. The van der Waals surface area contributed by atoms with E-state index < -0.39 is 0 Å². The van der Waals surface area contributed by atoms with Crippen LogP contribution in [0.1, 0.15) is 31.7 Å². The maximum atomic E-state index is 12.1. The Morgan fingerprint density at radius 1 is 1.26 bits per heavy atom. The molecular formula is C18H26N2O3. The summed E-state index contributed by atoms with van der Waals surface area (Å²) < 4.78 is 10.9. The smallest absolute Gasteiger partial charge is 0.225 e. The molecule has 2 atom stereocenters. The molecule has 2 saturated heterocycles. The summed E-state index contributed by atoms with van der Waals surface area (Å²) in [6.45, 7) is 5.42. The van der Waals surface area contributed by atoms with Gasteiger partial charge >= 0.3 is 0 Å². The predicted octanol–water partition coefficient (Wildman–Crippen LogP) is 1.92. The SMILES string of the molecule is C[C@@H]1C[C@H](NC(=O)CC2OCCCO2)CN1Cc1ccccc1. The van der Waals surface area contributed by atoms with Crippen LogP contribution in [0.25, 0.3) is 0 Å². The van der Waals surface area contributed by atoms with Crippen LogP contribution in [0.5, 0.6) is 0 Å². The largest absolute Gasteiger partial charge is 0.352 e. The predicted molar refractivity (Wildman–Crippen MR) is 87.8 cm³/mol. The minimum atomic E-state index is -0.372. The van der Waals surface area contributed by atoms with Crippen molar-refractivity contribution in [3.8, 4) is 0 Å². The fourth-order valence-electron chi connectivity index (χ4n) is 3.33. The summed E-state index contributed by atoms with van der Waals surface area (Å²) in [5.41, 5.74) is 1.32. The fraction of sp³-hybridized carbons (Fsp3) is 0.611. The molecule has 0 unspecified atom stereocenters. The van der Waals surface area contributed by atoms with Gasteiger partial charge in [0.15, 0.2) is 6.29 Å². The van der Waals surface area contributed by atoms with Gasteiger partial charge in [0.05, 0.1) is 19.6 Å². The summed E-state index contributed by atoms with van der Waals surface area (Å²) in [4.78, 5) is 14.6. The van der Waals surface area contributed by atoms with Crippen molar-refractivity contribution >= 4 is 5.91 Å². The number of hydrogen-bond donors (Lipinski definition) is 1. The number of amides is 1. The standard InChI is InChI=1S/C18H26N2O3/c1-14-10-16(13-20(14)12-15-6-3-2-4-7-15)19-17(21)11-18-22-8-5-9-23-18/h2-4,6-7,14,16,18H,5,8-13H2,1H3,(H,19,21)/t14-,16+/m1/s1. The van der Waals surface area contributed by atoms with Crippen LogP contribution in [0.15, 0.2) is 30.3 Å². The second-order valence-corrected chi connectivity index (χ2v) is 6.49. The van der Waals surface area contributed by atoms with Crippen molar-refractivity contribution in [1.29, 1.82) is 0 Å². The molecule has 0 bridgehead atoms. The van der Waals surface area contributed by atoms with E-state index >= 15 is 0 Å². The Morgan fingerprint density at radius 3 is 2.74 bits per heavy atom. The van der Waals surface area contributed by atoms with Crippen molar-refractivity contribution in [3.63, 3.8) is 0 Å². The van der Waals surface area contributed by atoms with Gasteiger partial charge in [-0.1, -0.05) is 30.3 Å². The molecule has 2 fully saturated rings. The normalized spacial score (nSPS) is 26.3. The summed E-state index contributed by atoms with van der Waals surface area (Å²) in [6, 6.07) is 11.2. The monoisotopic (exact) mass is 318 g/mol. The second kappa shape index (κ2) is 7.90. The zero-order valence-electron chi connectivity index (χ0n) is 13.7. The van der Waals surface area contributed by atoms with Crippen LogP contribution in [0.4, 0.5) is 0 Å². The minimum Gasteiger partial charge on any atom is -0.352 e. The lowest BCUT2D eigenvalue weighted by atomic mass is 10.2. The van der Waals surface area contributed by atoms with Crippen molar-refractivity contribution in [2.75, 3.05) is 19.8 Å². The number of ether oxygens (including phenoxy) is 2. The van der Waals surface area contributed by atoms with Gasteiger partial charge in [-0.3, -0.25) is 9.69 Å². The lowest BCUT2D eigenvalue weighted by Crippen LogP contribution is -2.40. The third-order valence-corrected chi connectivity index (χ3v) is 4.55. The number of likely N-dealkylation sites (tertiary alicyclic amines) is 1. The van der Waals surface area contributed by atoms with Crippen molar-refractivity contribution in [2.24, 2.45) is 0 Å². The fourth-order valence-corrected chi connectivity index (χ4v) is 3.33. The average molecular weight is 318 g/mol. The molecule has 0 spiro atoms. The summed E-state index contributed by atoms with van der Waals surface area (Å²) in [6.07, 6.45) is 1.82. The summed E-state index contributed by atoms with van der Waals surface area (Å²) in [5, 5.41) is 3.13. The average Bonchev–Trinajstić information content (AvgIpc) is 2.88. The highest BCUT2D eigenvalue weighted by molar-refractivity contribution is 5.76. The summed E-state index contributed by atoms with van der Waals surface area (Å²) in [7, 11) is 0. The first-order chi connectivity index (χ1) is 11.2. The maximum absolute atomic E-state index is 12.1. The van der Waals surface area contributed by atoms with Crippen LogP contribution in [0.3, 0.4) is 0 Å². The second-order valence-electron chi connectivity index (χ2n) is 6.49. The molecule has 5 heteroatoms. The van der Waals surface area contributed by atoms with E-state index in [1.807, 2.05) is 6.07 Å². The van der Waals surface area contributed by atoms with E-state index in [-0.39, 0.29) is 18.2 Å². The van der Waals surface area contributed by atoms with Crippen molar-refractivity contribution in [1.82, 2.24) is 10.2 Å². The molecule has 1 aromatic rings. The molecule has 126 valence electrons. The number of rotatable bonds is 5. The molecule has 0 aromatic heterocycles. The molecule has 1 aromatic carbocycles. The number of hydrogen-bond acceptors (Lipinski definition) is 4. The highest BCUT2D eigenvalue weighted by Gasteiger charge is 2.30. The Kier molecular flexibility index (Phi) is 5.65. The lowest BCUT2D eigenvalue weighted by Gasteiger charge is -2.23. The van der Waals surface area contributed by atoms with Crippen LogP contribution >= 0.6 is 0 Å². The zero-order valence-corrected chi connectivity index (χ0v) is 13.7. The van der Waals surface area contributed by atoms with Gasteiger partial charge in [-0.25, -0.2) is 0 Å². The van der Waals surface area contributed by atoms with E-state index in [9.17, 15) is 4.79 Å². The van der Waals surface area contributed by atoms with Gasteiger partial charge < -0.3 is 14.8 Å². The molecule has 2 aliphatic rings. The van der Waals surface area contributed by atoms with Gasteiger partial charge in [0.25, 0.3) is 0 Å². The molecule has 3 rings (SSSR count). The Bertz CT molecular complexity index is 502. The third-order valence-electron chi connectivity index (χ3n) is 4.55. The number of nitrogens with zero attached hydrogens (tertiary/aromatic N) is 1. The van der Waals surface area contributed by atoms with Crippen LogP contribution < -0.4 is 5.32 Å². The Morgan fingerprint density at radius 2 is 2.00 bits per heavy atom. The number of benzene rings is 1. The lowest BCUT2D eigenvalue weighted by molar-refractivity contribution is -0.184. The van der Waals surface area contributed by atoms with Gasteiger partial charge in [-0.15, -0.1) is 0 Å². The highest BCUT2D eigenvalue weighted by Crippen LogP contribution is 2.20. The van der Waals surface area contributed by atoms with E-state index in [4.69, 9.17) is 9.47 Å².